The zero-order valence-electron chi connectivity index (χ0n) is 7.18. The molecule has 10 heavy (non-hydrogen) atoms. The van der Waals surface area contributed by atoms with Crippen molar-refractivity contribution in [3.8, 4) is 0 Å². The second kappa shape index (κ2) is 4.67. The van der Waals surface area contributed by atoms with Crippen molar-refractivity contribution in [1.82, 2.24) is 0 Å². The molecule has 0 unspecified atom stereocenters. The normalized spacial score (nSPS) is 10.6. The predicted molar refractivity (Wildman–Crippen MR) is 48.3 cm³/mol. The first kappa shape index (κ1) is 9.89. The molecule has 0 amide bonds. The van der Waals surface area contributed by atoms with Crippen molar-refractivity contribution in [2.45, 2.75) is 40.2 Å². The van der Waals surface area contributed by atoms with Gasteiger partial charge in [-0.25, -0.2) is 0 Å². The molecule has 0 aliphatic rings. The molecular weight excluding hydrogens is 144 g/mol. The molecule has 0 fully saturated rings. The van der Waals surface area contributed by atoms with E-state index in [4.69, 9.17) is 17.0 Å². The smallest absolute Gasteiger partial charge is 0.160 e. The van der Waals surface area contributed by atoms with Gasteiger partial charge in [0.2, 0.25) is 0 Å². The molecule has 0 aliphatic carbocycles. The lowest BCUT2D eigenvalue weighted by Gasteiger charge is -2.11. The SMILES string of the molecule is CC(C)CC(=S)OC(C)C. The Balaban J connectivity index is 3.44. The van der Waals surface area contributed by atoms with Gasteiger partial charge in [0.05, 0.1) is 6.10 Å². The van der Waals surface area contributed by atoms with E-state index in [9.17, 15) is 0 Å². The summed E-state index contributed by atoms with van der Waals surface area (Å²) in [7, 11) is 0. The van der Waals surface area contributed by atoms with Gasteiger partial charge >= 0.3 is 0 Å². The highest BCUT2D eigenvalue weighted by molar-refractivity contribution is 7.80. The summed E-state index contributed by atoms with van der Waals surface area (Å²) in [6.07, 6.45) is 1.12. The van der Waals surface area contributed by atoms with Crippen LogP contribution in [-0.4, -0.2) is 11.2 Å². The standard InChI is InChI=1S/C8H16OS/c1-6(2)5-8(10)9-7(3)4/h6-7H,5H2,1-4H3. The van der Waals surface area contributed by atoms with Crippen molar-refractivity contribution in [3.05, 3.63) is 0 Å². The second-order valence-corrected chi connectivity index (χ2v) is 3.59. The van der Waals surface area contributed by atoms with Gasteiger partial charge in [-0.15, -0.1) is 0 Å². The van der Waals surface area contributed by atoms with Crippen molar-refractivity contribution >= 4 is 17.3 Å². The van der Waals surface area contributed by atoms with Crippen LogP contribution < -0.4 is 0 Å². The maximum atomic E-state index is 5.29. The molecule has 0 aromatic carbocycles. The molecule has 60 valence electrons. The highest BCUT2D eigenvalue weighted by atomic mass is 32.1. The molecule has 0 radical (unpaired) electrons. The van der Waals surface area contributed by atoms with E-state index in [0.717, 1.165) is 11.5 Å². The van der Waals surface area contributed by atoms with E-state index in [2.05, 4.69) is 13.8 Å². The van der Waals surface area contributed by atoms with E-state index in [1.54, 1.807) is 0 Å². The van der Waals surface area contributed by atoms with Gasteiger partial charge in [0.25, 0.3) is 0 Å². The van der Waals surface area contributed by atoms with E-state index >= 15 is 0 Å². The first-order chi connectivity index (χ1) is 4.52. The molecule has 0 aromatic rings. The van der Waals surface area contributed by atoms with E-state index in [0.29, 0.717) is 5.92 Å². The van der Waals surface area contributed by atoms with E-state index < -0.39 is 0 Å². The number of hydrogen-bond donors (Lipinski definition) is 0. The van der Waals surface area contributed by atoms with Crippen LogP contribution >= 0.6 is 12.2 Å². The molecule has 0 aliphatic heterocycles. The van der Waals surface area contributed by atoms with Crippen molar-refractivity contribution in [1.29, 1.82) is 0 Å². The van der Waals surface area contributed by atoms with Crippen LogP contribution in [0.5, 0.6) is 0 Å². The largest absolute Gasteiger partial charge is 0.484 e. The minimum absolute atomic E-state index is 0.228. The average molecular weight is 160 g/mol. The fourth-order valence-corrected chi connectivity index (χ4v) is 1.17. The van der Waals surface area contributed by atoms with Gasteiger partial charge in [-0.2, -0.15) is 0 Å². The number of hydrogen-bond acceptors (Lipinski definition) is 2. The van der Waals surface area contributed by atoms with Gasteiger partial charge in [0.15, 0.2) is 5.05 Å². The van der Waals surface area contributed by atoms with E-state index in [1.807, 2.05) is 13.8 Å². The quantitative estimate of drug-likeness (QED) is 0.587. The van der Waals surface area contributed by atoms with Gasteiger partial charge in [0, 0.05) is 6.42 Å². The van der Waals surface area contributed by atoms with Crippen molar-refractivity contribution < 1.29 is 4.74 Å². The second-order valence-electron chi connectivity index (χ2n) is 3.14. The highest BCUT2D eigenvalue weighted by Gasteiger charge is 2.02. The summed E-state index contributed by atoms with van der Waals surface area (Å²) in [5.41, 5.74) is 0. The third-order valence-corrected chi connectivity index (χ3v) is 1.20. The molecule has 0 heterocycles. The molecule has 0 saturated heterocycles. The molecule has 0 rings (SSSR count). The lowest BCUT2D eigenvalue weighted by Crippen LogP contribution is -2.11. The third-order valence-electron chi connectivity index (χ3n) is 0.942. The summed E-state index contributed by atoms with van der Waals surface area (Å²) in [6, 6.07) is 0. The van der Waals surface area contributed by atoms with Crippen LogP contribution in [0.3, 0.4) is 0 Å². The van der Waals surface area contributed by atoms with Crippen LogP contribution in [0.2, 0.25) is 0 Å². The predicted octanol–water partition coefficient (Wildman–Crippen LogP) is 2.78. The van der Waals surface area contributed by atoms with Crippen LogP contribution in [0.1, 0.15) is 34.1 Å². The summed E-state index contributed by atoms with van der Waals surface area (Å²) in [5.74, 6) is 0.603. The molecule has 1 nitrogen and oxygen atoms in total. The third kappa shape index (κ3) is 6.02. The number of ether oxygens (including phenoxy) is 1. The lowest BCUT2D eigenvalue weighted by molar-refractivity contribution is 0.226. The van der Waals surface area contributed by atoms with Crippen LogP contribution in [0.4, 0.5) is 0 Å². The van der Waals surface area contributed by atoms with Crippen LogP contribution in [0.15, 0.2) is 0 Å². The zero-order valence-corrected chi connectivity index (χ0v) is 7.99. The Morgan fingerprint density at radius 2 is 1.80 bits per heavy atom. The van der Waals surface area contributed by atoms with E-state index in [-0.39, 0.29) is 6.10 Å². The minimum Gasteiger partial charge on any atom is -0.484 e. The Morgan fingerprint density at radius 1 is 1.30 bits per heavy atom. The summed E-state index contributed by atoms with van der Waals surface area (Å²) in [5, 5.41) is 0.741. The summed E-state index contributed by atoms with van der Waals surface area (Å²) >= 11 is 4.98. The Hall–Kier alpha value is -0.110. The fraction of sp³-hybridized carbons (Fsp3) is 0.875. The van der Waals surface area contributed by atoms with Gasteiger partial charge < -0.3 is 4.74 Å². The van der Waals surface area contributed by atoms with Gasteiger partial charge in [-0.05, 0) is 32.0 Å². The van der Waals surface area contributed by atoms with Gasteiger partial charge in [-0.1, -0.05) is 13.8 Å². The monoisotopic (exact) mass is 160 g/mol. The molecule has 0 spiro atoms. The Bertz CT molecular complexity index is 95.8. The van der Waals surface area contributed by atoms with Crippen molar-refractivity contribution in [2.24, 2.45) is 5.92 Å². The number of thiocarbonyl (C=S) groups is 1. The van der Waals surface area contributed by atoms with E-state index in [1.165, 1.54) is 0 Å². The lowest BCUT2D eigenvalue weighted by atomic mass is 10.1. The molecule has 2 heteroatoms. The molecule has 0 saturated carbocycles. The first-order valence-corrected chi connectivity index (χ1v) is 4.12. The Labute approximate surface area is 68.8 Å². The number of rotatable bonds is 3. The van der Waals surface area contributed by atoms with Gasteiger partial charge in [-0.3, -0.25) is 0 Å². The fourth-order valence-electron chi connectivity index (χ4n) is 0.644. The molecule has 0 aromatic heterocycles. The molecule has 0 atom stereocenters. The topological polar surface area (TPSA) is 9.23 Å². The maximum absolute atomic E-state index is 5.29. The summed E-state index contributed by atoms with van der Waals surface area (Å²) in [6.45, 7) is 8.26. The maximum Gasteiger partial charge on any atom is 0.160 e. The summed E-state index contributed by atoms with van der Waals surface area (Å²) < 4.78 is 5.29. The van der Waals surface area contributed by atoms with Gasteiger partial charge in [0.1, 0.15) is 0 Å². The molecule has 0 bridgehead atoms. The Kier molecular flexibility index (Phi) is 4.62. The molecule has 0 N–H and O–H groups in total. The Morgan fingerprint density at radius 3 is 2.10 bits per heavy atom. The highest BCUT2D eigenvalue weighted by Crippen LogP contribution is 2.04. The van der Waals surface area contributed by atoms with Crippen molar-refractivity contribution in [3.63, 3.8) is 0 Å². The van der Waals surface area contributed by atoms with Crippen LogP contribution in [-0.2, 0) is 4.74 Å². The average Bonchev–Trinajstić information content (AvgIpc) is 1.58. The first-order valence-electron chi connectivity index (χ1n) is 3.72. The minimum atomic E-state index is 0.228. The van der Waals surface area contributed by atoms with Crippen LogP contribution in [0.25, 0.3) is 0 Å². The van der Waals surface area contributed by atoms with Crippen LogP contribution in [0, 0.1) is 5.92 Å². The zero-order chi connectivity index (χ0) is 8.15. The van der Waals surface area contributed by atoms with Crippen molar-refractivity contribution in [2.75, 3.05) is 0 Å². The molecular formula is C8H16OS. The summed E-state index contributed by atoms with van der Waals surface area (Å²) in [4.78, 5) is 0.